The van der Waals surface area contributed by atoms with E-state index < -0.39 is 10.0 Å². The molecule has 4 nitrogen and oxygen atoms in total. The van der Waals surface area contributed by atoms with Crippen molar-refractivity contribution in [1.29, 1.82) is 0 Å². The second-order valence-corrected chi connectivity index (χ2v) is 5.56. The van der Waals surface area contributed by atoms with Gasteiger partial charge < -0.3 is 5.32 Å². The molecule has 0 radical (unpaired) electrons. The molecule has 0 aliphatic carbocycles. The van der Waals surface area contributed by atoms with Crippen LogP contribution in [0, 0.1) is 5.92 Å². The molecule has 0 aliphatic rings. The highest BCUT2D eigenvalue weighted by Gasteiger charge is 2.15. The SMILES string of the molecule is CCNCCNS(=O)(=O)CC(CC)CC.Cl. The smallest absolute Gasteiger partial charge is 0.211 e. The minimum atomic E-state index is -3.08. The Kier molecular flexibility index (Phi) is 12.0. The van der Waals surface area contributed by atoms with Gasteiger partial charge in [-0.15, -0.1) is 12.4 Å². The van der Waals surface area contributed by atoms with Gasteiger partial charge in [-0.2, -0.15) is 0 Å². The summed E-state index contributed by atoms with van der Waals surface area (Å²) < 4.78 is 25.8. The monoisotopic (exact) mass is 272 g/mol. The lowest BCUT2D eigenvalue weighted by atomic mass is 10.1. The van der Waals surface area contributed by atoms with Gasteiger partial charge in [0, 0.05) is 13.1 Å². The Hall–Kier alpha value is 0.160. The highest BCUT2D eigenvalue weighted by molar-refractivity contribution is 7.89. The average Bonchev–Trinajstić information content (AvgIpc) is 2.21. The van der Waals surface area contributed by atoms with Crippen LogP contribution in [0.2, 0.25) is 0 Å². The van der Waals surface area contributed by atoms with Crippen molar-refractivity contribution in [3.8, 4) is 0 Å². The zero-order valence-corrected chi connectivity index (χ0v) is 12.1. The summed E-state index contributed by atoms with van der Waals surface area (Å²) in [6, 6.07) is 0. The third-order valence-corrected chi connectivity index (χ3v) is 4.04. The molecule has 0 atom stereocenters. The number of halogens is 1. The predicted molar refractivity (Wildman–Crippen MR) is 71.7 cm³/mol. The minimum Gasteiger partial charge on any atom is -0.316 e. The zero-order chi connectivity index (χ0) is 11.7. The van der Waals surface area contributed by atoms with Crippen molar-refractivity contribution in [2.45, 2.75) is 33.6 Å². The molecule has 0 heterocycles. The Balaban J connectivity index is 0. The molecule has 0 unspecified atom stereocenters. The summed E-state index contributed by atoms with van der Waals surface area (Å²) in [5, 5.41) is 3.08. The van der Waals surface area contributed by atoms with Crippen LogP contribution in [0.25, 0.3) is 0 Å². The van der Waals surface area contributed by atoms with E-state index in [0.29, 0.717) is 13.1 Å². The Labute approximate surface area is 106 Å². The summed E-state index contributed by atoms with van der Waals surface area (Å²) in [4.78, 5) is 0. The Bertz CT molecular complexity index is 241. The molecule has 0 fully saturated rings. The number of likely N-dealkylation sites (N-methyl/N-ethyl adjacent to an activating group) is 1. The van der Waals surface area contributed by atoms with E-state index in [-0.39, 0.29) is 24.1 Å². The molecule has 0 amide bonds. The van der Waals surface area contributed by atoms with E-state index in [9.17, 15) is 8.42 Å². The van der Waals surface area contributed by atoms with Gasteiger partial charge in [-0.05, 0) is 12.5 Å². The molecule has 0 saturated heterocycles. The Morgan fingerprint density at radius 2 is 1.62 bits per heavy atom. The van der Waals surface area contributed by atoms with Crippen LogP contribution in [0.1, 0.15) is 33.6 Å². The molecule has 0 aliphatic heterocycles. The predicted octanol–water partition coefficient (Wildman–Crippen LogP) is 1.37. The van der Waals surface area contributed by atoms with Gasteiger partial charge in [-0.3, -0.25) is 0 Å². The first-order valence-corrected chi connectivity index (χ1v) is 7.39. The van der Waals surface area contributed by atoms with Gasteiger partial charge in [0.25, 0.3) is 0 Å². The van der Waals surface area contributed by atoms with Crippen molar-refractivity contribution in [2.24, 2.45) is 5.92 Å². The molecule has 0 saturated carbocycles. The quantitative estimate of drug-likeness (QED) is 0.624. The highest BCUT2D eigenvalue weighted by atomic mass is 35.5. The molecule has 6 heteroatoms. The van der Waals surface area contributed by atoms with E-state index in [4.69, 9.17) is 0 Å². The first-order chi connectivity index (χ1) is 7.05. The van der Waals surface area contributed by atoms with E-state index in [0.717, 1.165) is 19.4 Å². The van der Waals surface area contributed by atoms with Crippen molar-refractivity contribution < 1.29 is 8.42 Å². The number of hydrogen-bond acceptors (Lipinski definition) is 3. The summed E-state index contributed by atoms with van der Waals surface area (Å²) in [5.74, 6) is 0.535. The third-order valence-electron chi connectivity index (χ3n) is 2.48. The normalized spacial score (nSPS) is 11.5. The fraction of sp³-hybridized carbons (Fsp3) is 1.00. The van der Waals surface area contributed by atoms with Gasteiger partial charge in [-0.25, -0.2) is 13.1 Å². The van der Waals surface area contributed by atoms with E-state index in [1.807, 2.05) is 20.8 Å². The second-order valence-electron chi connectivity index (χ2n) is 3.71. The zero-order valence-electron chi connectivity index (χ0n) is 10.5. The Morgan fingerprint density at radius 3 is 2.06 bits per heavy atom. The molecule has 0 aromatic heterocycles. The van der Waals surface area contributed by atoms with Crippen molar-refractivity contribution in [3.63, 3.8) is 0 Å². The van der Waals surface area contributed by atoms with Gasteiger partial charge in [-0.1, -0.05) is 33.6 Å². The largest absolute Gasteiger partial charge is 0.316 e. The molecule has 16 heavy (non-hydrogen) atoms. The van der Waals surface area contributed by atoms with Crippen molar-refractivity contribution in [2.75, 3.05) is 25.4 Å². The maximum Gasteiger partial charge on any atom is 0.211 e. The molecule has 0 rings (SSSR count). The van der Waals surface area contributed by atoms with Crippen molar-refractivity contribution in [3.05, 3.63) is 0 Å². The number of rotatable bonds is 9. The number of hydrogen-bond donors (Lipinski definition) is 2. The lowest BCUT2D eigenvalue weighted by Gasteiger charge is -2.13. The fourth-order valence-electron chi connectivity index (χ4n) is 1.37. The van der Waals surface area contributed by atoms with Gasteiger partial charge in [0.2, 0.25) is 10.0 Å². The summed E-state index contributed by atoms with van der Waals surface area (Å²) >= 11 is 0. The second kappa shape index (κ2) is 10.3. The molecular formula is C10H25ClN2O2S. The number of sulfonamides is 1. The summed E-state index contributed by atoms with van der Waals surface area (Å²) in [6.07, 6.45) is 1.84. The van der Waals surface area contributed by atoms with Crippen LogP contribution in [0.4, 0.5) is 0 Å². The van der Waals surface area contributed by atoms with Crippen LogP contribution in [0.3, 0.4) is 0 Å². The summed E-state index contributed by atoms with van der Waals surface area (Å²) in [6.45, 7) is 8.10. The van der Waals surface area contributed by atoms with E-state index >= 15 is 0 Å². The lowest BCUT2D eigenvalue weighted by Crippen LogP contribution is -2.35. The van der Waals surface area contributed by atoms with Crippen LogP contribution in [-0.4, -0.2) is 33.8 Å². The summed E-state index contributed by atoms with van der Waals surface area (Å²) in [7, 11) is -3.08. The van der Waals surface area contributed by atoms with Crippen LogP contribution in [-0.2, 0) is 10.0 Å². The average molecular weight is 273 g/mol. The number of nitrogens with one attached hydrogen (secondary N) is 2. The Morgan fingerprint density at radius 1 is 1.06 bits per heavy atom. The van der Waals surface area contributed by atoms with Gasteiger partial charge in [0.15, 0.2) is 0 Å². The molecule has 0 bridgehead atoms. The highest BCUT2D eigenvalue weighted by Crippen LogP contribution is 2.09. The first-order valence-electron chi connectivity index (χ1n) is 5.73. The molecule has 0 spiro atoms. The maximum absolute atomic E-state index is 11.6. The van der Waals surface area contributed by atoms with Crippen molar-refractivity contribution in [1.82, 2.24) is 10.0 Å². The van der Waals surface area contributed by atoms with Gasteiger partial charge in [0.1, 0.15) is 0 Å². The van der Waals surface area contributed by atoms with Crippen LogP contribution >= 0.6 is 12.4 Å². The van der Waals surface area contributed by atoms with Gasteiger partial charge in [0.05, 0.1) is 5.75 Å². The van der Waals surface area contributed by atoms with Crippen LogP contribution in [0.5, 0.6) is 0 Å². The molecule has 100 valence electrons. The lowest BCUT2D eigenvalue weighted by molar-refractivity contribution is 0.516. The standard InChI is InChI=1S/C10H24N2O2S.ClH/c1-4-10(5-2)9-15(13,14)12-8-7-11-6-3;/h10-12H,4-9H2,1-3H3;1H. The maximum atomic E-state index is 11.6. The van der Waals surface area contributed by atoms with E-state index in [2.05, 4.69) is 10.0 Å². The van der Waals surface area contributed by atoms with Gasteiger partial charge >= 0.3 is 0 Å². The first kappa shape index (κ1) is 18.5. The molecule has 2 N–H and O–H groups in total. The summed E-state index contributed by atoms with van der Waals surface area (Å²) in [5.41, 5.74) is 0. The van der Waals surface area contributed by atoms with Crippen LogP contribution in [0.15, 0.2) is 0 Å². The molecular weight excluding hydrogens is 248 g/mol. The van der Waals surface area contributed by atoms with Crippen molar-refractivity contribution >= 4 is 22.4 Å². The molecule has 0 aromatic carbocycles. The van der Waals surface area contributed by atoms with E-state index in [1.165, 1.54) is 0 Å². The fourth-order valence-corrected chi connectivity index (χ4v) is 2.99. The minimum absolute atomic E-state index is 0. The molecule has 0 aromatic rings. The third kappa shape index (κ3) is 9.39. The van der Waals surface area contributed by atoms with Crippen LogP contribution < -0.4 is 10.0 Å². The van der Waals surface area contributed by atoms with E-state index in [1.54, 1.807) is 0 Å². The topological polar surface area (TPSA) is 58.2 Å².